The average Bonchev–Trinajstić information content (AvgIpc) is 2.43. The van der Waals surface area contributed by atoms with Crippen LogP contribution in [0.25, 0.3) is 0 Å². The van der Waals surface area contributed by atoms with E-state index in [1.807, 2.05) is 6.92 Å². The number of carboxylic acid groups (broad SMARTS) is 2. The van der Waals surface area contributed by atoms with Crippen LogP contribution in [0.5, 0.6) is 0 Å². The standard InChI is InChI=1S/C12H15O7PS/c1-2-3-4-20-19-21(17,18)10-6-8(11(13)14)5-9(7-10)12(15)16/h5-7,20H,2-4H2,1H3,(H,13,14)(H,15,16). The Labute approximate surface area is 123 Å². The molecule has 0 amide bonds. The van der Waals surface area contributed by atoms with Gasteiger partial charge in [-0.2, -0.15) is 8.42 Å². The minimum atomic E-state index is -4.17. The molecule has 116 valence electrons. The molecule has 0 aromatic heterocycles. The van der Waals surface area contributed by atoms with Crippen molar-refractivity contribution in [3.05, 3.63) is 29.3 Å². The molecule has 0 aliphatic heterocycles. The number of carbonyl (C=O) groups is 2. The first-order valence-electron chi connectivity index (χ1n) is 6.06. The Hall–Kier alpha value is -1.50. The Bertz CT molecular complexity index is 607. The Morgan fingerprint density at radius 1 is 1.14 bits per heavy atom. The van der Waals surface area contributed by atoms with E-state index in [0.717, 1.165) is 31.0 Å². The van der Waals surface area contributed by atoms with Crippen molar-refractivity contribution in [1.82, 2.24) is 0 Å². The van der Waals surface area contributed by atoms with Gasteiger partial charge in [0.25, 0.3) is 10.1 Å². The normalized spacial score (nSPS) is 11.9. The Morgan fingerprint density at radius 2 is 1.67 bits per heavy atom. The summed E-state index contributed by atoms with van der Waals surface area (Å²) in [5.74, 6) is -2.83. The molecule has 7 nitrogen and oxygen atoms in total. The van der Waals surface area contributed by atoms with Gasteiger partial charge in [0, 0.05) is 8.81 Å². The second kappa shape index (κ2) is 7.49. The van der Waals surface area contributed by atoms with Crippen LogP contribution in [0.4, 0.5) is 0 Å². The van der Waals surface area contributed by atoms with Gasteiger partial charge in [0.2, 0.25) is 0 Å². The number of rotatable bonds is 8. The second-order valence-corrected chi connectivity index (χ2v) is 6.98. The van der Waals surface area contributed by atoms with Crippen LogP contribution in [0.2, 0.25) is 0 Å². The van der Waals surface area contributed by atoms with E-state index in [0.29, 0.717) is 6.16 Å². The average molecular weight is 334 g/mol. The summed E-state index contributed by atoms with van der Waals surface area (Å²) in [6.07, 6.45) is 2.28. The molecule has 0 heterocycles. The molecular weight excluding hydrogens is 319 g/mol. The number of hydrogen-bond donors (Lipinski definition) is 2. The van der Waals surface area contributed by atoms with Crippen molar-refractivity contribution in [1.29, 1.82) is 0 Å². The second-order valence-electron chi connectivity index (χ2n) is 4.14. The van der Waals surface area contributed by atoms with Crippen LogP contribution >= 0.6 is 8.81 Å². The van der Waals surface area contributed by atoms with Gasteiger partial charge in [-0.3, -0.25) is 0 Å². The zero-order chi connectivity index (χ0) is 16.0. The van der Waals surface area contributed by atoms with Crippen LogP contribution in [0, 0.1) is 0 Å². The molecule has 1 atom stereocenters. The predicted octanol–water partition coefficient (Wildman–Crippen LogP) is 2.18. The van der Waals surface area contributed by atoms with Gasteiger partial charge in [0.15, 0.2) is 0 Å². The van der Waals surface area contributed by atoms with E-state index in [9.17, 15) is 18.0 Å². The molecule has 0 aliphatic rings. The van der Waals surface area contributed by atoms with Gasteiger partial charge in [0.05, 0.1) is 16.0 Å². The van der Waals surface area contributed by atoms with Crippen molar-refractivity contribution in [2.75, 3.05) is 6.16 Å². The Morgan fingerprint density at radius 3 is 2.10 bits per heavy atom. The molecule has 0 fully saturated rings. The number of aromatic carboxylic acids is 2. The summed E-state index contributed by atoms with van der Waals surface area (Å²) in [5, 5.41) is 17.8. The van der Waals surface area contributed by atoms with Crippen LogP contribution < -0.4 is 0 Å². The van der Waals surface area contributed by atoms with Crippen LogP contribution in [0.1, 0.15) is 40.5 Å². The molecule has 1 unspecified atom stereocenters. The summed E-state index contributed by atoms with van der Waals surface area (Å²) < 4.78 is 28.7. The van der Waals surface area contributed by atoms with E-state index in [4.69, 9.17) is 14.2 Å². The molecule has 0 radical (unpaired) electrons. The highest BCUT2D eigenvalue weighted by Crippen LogP contribution is 2.25. The van der Waals surface area contributed by atoms with E-state index in [1.54, 1.807) is 0 Å². The molecule has 0 saturated heterocycles. The van der Waals surface area contributed by atoms with Gasteiger partial charge < -0.3 is 10.2 Å². The molecule has 1 aromatic carbocycles. The Kier molecular flexibility index (Phi) is 6.26. The lowest BCUT2D eigenvalue weighted by Gasteiger charge is -2.07. The van der Waals surface area contributed by atoms with Crippen molar-refractivity contribution in [2.45, 2.75) is 24.7 Å². The highest BCUT2D eigenvalue weighted by molar-refractivity contribution is 7.89. The van der Waals surface area contributed by atoms with Crippen molar-refractivity contribution in [3.8, 4) is 0 Å². The molecule has 9 heteroatoms. The third kappa shape index (κ3) is 5.08. The molecule has 21 heavy (non-hydrogen) atoms. The lowest BCUT2D eigenvalue weighted by atomic mass is 10.1. The molecule has 1 aromatic rings. The highest BCUT2D eigenvalue weighted by Gasteiger charge is 2.20. The smallest absolute Gasteiger partial charge is 0.335 e. The summed E-state index contributed by atoms with van der Waals surface area (Å²) in [7, 11) is -4.45. The fraction of sp³-hybridized carbons (Fsp3) is 0.333. The summed E-state index contributed by atoms with van der Waals surface area (Å²) in [5.41, 5.74) is -0.845. The molecule has 0 spiro atoms. The largest absolute Gasteiger partial charge is 0.478 e. The van der Waals surface area contributed by atoms with Gasteiger partial charge in [0.1, 0.15) is 0 Å². The lowest BCUT2D eigenvalue weighted by molar-refractivity contribution is 0.0696. The third-order valence-corrected chi connectivity index (χ3v) is 5.21. The van der Waals surface area contributed by atoms with Gasteiger partial charge in [-0.15, -0.1) is 0 Å². The van der Waals surface area contributed by atoms with Crippen LogP contribution in [-0.4, -0.2) is 36.7 Å². The molecule has 0 aliphatic carbocycles. The maximum absolute atomic E-state index is 11.9. The van der Waals surface area contributed by atoms with E-state index < -0.39 is 38.1 Å². The van der Waals surface area contributed by atoms with Crippen molar-refractivity contribution < 1.29 is 32.2 Å². The summed E-state index contributed by atoms with van der Waals surface area (Å²) in [6.45, 7) is 1.95. The zero-order valence-electron chi connectivity index (χ0n) is 11.2. The van der Waals surface area contributed by atoms with E-state index in [-0.39, 0.29) is 8.81 Å². The fourth-order valence-electron chi connectivity index (χ4n) is 1.41. The molecule has 2 N–H and O–H groups in total. The molecule has 0 saturated carbocycles. The Balaban J connectivity index is 3.10. The highest BCUT2D eigenvalue weighted by atomic mass is 32.2. The topological polar surface area (TPSA) is 118 Å². The number of unbranched alkanes of at least 4 members (excludes halogenated alkanes) is 1. The summed E-state index contributed by atoms with van der Waals surface area (Å²) >= 11 is 0. The molecular formula is C12H15O7PS. The molecule has 0 bridgehead atoms. The van der Waals surface area contributed by atoms with Crippen molar-refractivity contribution in [3.63, 3.8) is 0 Å². The number of carboxylic acids is 2. The monoisotopic (exact) mass is 334 g/mol. The van der Waals surface area contributed by atoms with Gasteiger partial charge >= 0.3 is 11.9 Å². The first kappa shape index (κ1) is 17.6. The first-order chi connectivity index (χ1) is 9.77. The SMILES string of the molecule is CCCCPOS(=O)(=O)c1cc(C(=O)O)cc(C(=O)O)c1. The van der Waals surface area contributed by atoms with Crippen molar-refractivity contribution in [2.24, 2.45) is 0 Å². The minimum Gasteiger partial charge on any atom is -0.478 e. The first-order valence-corrected chi connectivity index (χ1v) is 8.58. The summed E-state index contributed by atoms with van der Waals surface area (Å²) in [4.78, 5) is 21.4. The van der Waals surface area contributed by atoms with Gasteiger partial charge in [-0.1, -0.05) is 13.3 Å². The van der Waals surface area contributed by atoms with Crippen LogP contribution in [0.3, 0.4) is 0 Å². The van der Waals surface area contributed by atoms with E-state index >= 15 is 0 Å². The number of benzene rings is 1. The van der Waals surface area contributed by atoms with Gasteiger partial charge in [-0.05, 0) is 30.8 Å². The lowest BCUT2D eigenvalue weighted by Crippen LogP contribution is -2.08. The maximum atomic E-state index is 11.9. The zero-order valence-corrected chi connectivity index (χ0v) is 13.0. The predicted molar refractivity (Wildman–Crippen MR) is 76.7 cm³/mol. The minimum absolute atomic E-state index is 0.284. The maximum Gasteiger partial charge on any atom is 0.335 e. The third-order valence-electron chi connectivity index (χ3n) is 2.49. The molecule has 1 rings (SSSR count). The summed E-state index contributed by atoms with van der Waals surface area (Å²) in [6, 6.07) is 2.66. The van der Waals surface area contributed by atoms with E-state index in [2.05, 4.69) is 0 Å². The quantitative estimate of drug-likeness (QED) is 0.552. The van der Waals surface area contributed by atoms with E-state index in [1.165, 1.54) is 0 Å². The van der Waals surface area contributed by atoms with Gasteiger partial charge in [-0.25, -0.2) is 13.6 Å². The van der Waals surface area contributed by atoms with Crippen LogP contribution in [0.15, 0.2) is 23.1 Å². The van der Waals surface area contributed by atoms with Crippen LogP contribution in [-0.2, 0) is 14.1 Å². The van der Waals surface area contributed by atoms with Crippen molar-refractivity contribution >= 4 is 30.9 Å². The number of hydrogen-bond acceptors (Lipinski definition) is 5. The fourth-order valence-corrected chi connectivity index (χ4v) is 3.79.